The maximum atomic E-state index is 6.66. The van der Waals surface area contributed by atoms with Gasteiger partial charge in [0, 0.05) is 29.7 Å². The maximum Gasteiger partial charge on any atom is 0.245 e. The summed E-state index contributed by atoms with van der Waals surface area (Å²) in [5, 5.41) is 9.42. The lowest BCUT2D eigenvalue weighted by Gasteiger charge is -2.42. The highest BCUT2D eigenvalue weighted by molar-refractivity contribution is 6.30. The quantitative estimate of drug-likeness (QED) is 0.714. The largest absolute Gasteiger partial charge is 0.339 e. The van der Waals surface area contributed by atoms with Gasteiger partial charge in [0.05, 0.1) is 6.20 Å². The van der Waals surface area contributed by atoms with Crippen LogP contribution >= 0.6 is 11.6 Å². The lowest BCUT2D eigenvalue weighted by molar-refractivity contribution is 0.187. The zero-order valence-corrected chi connectivity index (χ0v) is 16.3. The average Bonchev–Trinajstić information content (AvgIpc) is 3.00. The SMILES string of the molecule is N[C@@H]1c2ccccc2CC12CCN(c1ncc(-c3cccc(Cl)c3)nn1)CC2. The summed E-state index contributed by atoms with van der Waals surface area (Å²) in [4.78, 5) is 6.78. The van der Waals surface area contributed by atoms with Crippen molar-refractivity contribution in [3.05, 3.63) is 70.9 Å². The number of nitrogens with zero attached hydrogens (tertiary/aromatic N) is 4. The van der Waals surface area contributed by atoms with E-state index >= 15 is 0 Å². The van der Waals surface area contributed by atoms with Crippen LogP contribution in [0.3, 0.4) is 0 Å². The van der Waals surface area contributed by atoms with Gasteiger partial charge < -0.3 is 10.6 Å². The average molecular weight is 392 g/mol. The Morgan fingerprint density at radius 2 is 1.86 bits per heavy atom. The predicted octanol–water partition coefficient (Wildman–Crippen LogP) is 4.03. The molecule has 3 aromatic rings. The van der Waals surface area contributed by atoms with Gasteiger partial charge >= 0.3 is 0 Å². The molecule has 0 bridgehead atoms. The van der Waals surface area contributed by atoms with Crippen LogP contribution in [-0.4, -0.2) is 28.3 Å². The Hall–Kier alpha value is -2.50. The molecule has 1 atom stereocenters. The predicted molar refractivity (Wildman–Crippen MR) is 111 cm³/mol. The number of halogens is 1. The minimum Gasteiger partial charge on any atom is -0.339 e. The van der Waals surface area contributed by atoms with Crippen LogP contribution in [0.5, 0.6) is 0 Å². The van der Waals surface area contributed by atoms with Gasteiger partial charge in [0.15, 0.2) is 0 Å². The molecule has 1 fully saturated rings. The van der Waals surface area contributed by atoms with E-state index in [-0.39, 0.29) is 11.5 Å². The van der Waals surface area contributed by atoms with E-state index in [0.29, 0.717) is 11.0 Å². The van der Waals surface area contributed by atoms with E-state index in [1.807, 2.05) is 24.3 Å². The van der Waals surface area contributed by atoms with Crippen LogP contribution in [0.2, 0.25) is 5.02 Å². The van der Waals surface area contributed by atoms with E-state index < -0.39 is 0 Å². The van der Waals surface area contributed by atoms with Gasteiger partial charge in [0.1, 0.15) is 5.69 Å². The second kappa shape index (κ2) is 6.83. The highest BCUT2D eigenvalue weighted by Crippen LogP contribution is 2.50. The molecular weight excluding hydrogens is 370 g/mol. The molecule has 0 saturated carbocycles. The summed E-state index contributed by atoms with van der Waals surface area (Å²) in [5.41, 5.74) is 11.2. The number of fused-ring (bicyclic) bond motifs is 1. The minimum absolute atomic E-state index is 0.120. The third-order valence-corrected chi connectivity index (χ3v) is 6.54. The topological polar surface area (TPSA) is 67.9 Å². The number of aromatic nitrogens is 3. The van der Waals surface area contributed by atoms with Gasteiger partial charge in [-0.1, -0.05) is 48.0 Å². The van der Waals surface area contributed by atoms with E-state index in [4.69, 9.17) is 17.3 Å². The van der Waals surface area contributed by atoms with Crippen LogP contribution in [0.15, 0.2) is 54.7 Å². The Labute approximate surface area is 169 Å². The summed E-state index contributed by atoms with van der Waals surface area (Å²) in [6.45, 7) is 1.81. The van der Waals surface area contributed by atoms with Crippen LogP contribution in [0.4, 0.5) is 5.95 Å². The van der Waals surface area contributed by atoms with Crippen molar-refractivity contribution >= 4 is 17.5 Å². The molecule has 28 heavy (non-hydrogen) atoms. The molecule has 2 heterocycles. The lowest BCUT2D eigenvalue weighted by atomic mass is 9.73. The Morgan fingerprint density at radius 3 is 2.57 bits per heavy atom. The molecule has 0 radical (unpaired) electrons. The smallest absolute Gasteiger partial charge is 0.245 e. The highest BCUT2D eigenvalue weighted by atomic mass is 35.5. The van der Waals surface area contributed by atoms with Gasteiger partial charge in [0.2, 0.25) is 5.95 Å². The molecule has 1 spiro atoms. The highest BCUT2D eigenvalue weighted by Gasteiger charge is 2.46. The van der Waals surface area contributed by atoms with Crippen molar-refractivity contribution in [3.8, 4) is 11.3 Å². The maximum absolute atomic E-state index is 6.66. The number of piperidine rings is 1. The molecular formula is C22H22ClN5. The van der Waals surface area contributed by atoms with Gasteiger partial charge in [-0.05, 0) is 47.9 Å². The first-order valence-corrected chi connectivity index (χ1v) is 10.1. The van der Waals surface area contributed by atoms with Crippen LogP contribution in [0.25, 0.3) is 11.3 Å². The van der Waals surface area contributed by atoms with Gasteiger partial charge in [-0.25, -0.2) is 4.98 Å². The Morgan fingerprint density at radius 1 is 1.04 bits per heavy atom. The molecule has 2 aliphatic rings. The van der Waals surface area contributed by atoms with Crippen molar-refractivity contribution in [2.75, 3.05) is 18.0 Å². The molecule has 1 aromatic heterocycles. The molecule has 5 rings (SSSR count). The summed E-state index contributed by atoms with van der Waals surface area (Å²) >= 11 is 6.07. The summed E-state index contributed by atoms with van der Waals surface area (Å²) in [6, 6.07) is 16.3. The molecule has 1 aliphatic carbocycles. The first-order valence-electron chi connectivity index (χ1n) is 9.69. The fourth-order valence-corrected chi connectivity index (χ4v) is 4.84. The second-order valence-corrected chi connectivity index (χ2v) is 8.29. The normalized spacial score (nSPS) is 20.4. The molecule has 6 heteroatoms. The first kappa shape index (κ1) is 17.6. The second-order valence-electron chi connectivity index (χ2n) is 7.86. The number of hydrogen-bond donors (Lipinski definition) is 1. The molecule has 2 N–H and O–H groups in total. The minimum atomic E-state index is 0.120. The molecule has 142 valence electrons. The summed E-state index contributed by atoms with van der Waals surface area (Å²) in [6.07, 6.45) is 4.94. The van der Waals surface area contributed by atoms with Crippen molar-refractivity contribution in [2.45, 2.75) is 25.3 Å². The van der Waals surface area contributed by atoms with Crippen LogP contribution < -0.4 is 10.6 Å². The molecule has 0 amide bonds. The van der Waals surface area contributed by atoms with Crippen molar-refractivity contribution in [3.63, 3.8) is 0 Å². The van der Waals surface area contributed by atoms with Crippen molar-refractivity contribution in [1.82, 2.24) is 15.2 Å². The van der Waals surface area contributed by atoms with Gasteiger partial charge in [-0.15, -0.1) is 10.2 Å². The van der Waals surface area contributed by atoms with Gasteiger partial charge in [0.25, 0.3) is 0 Å². The fraction of sp³-hybridized carbons (Fsp3) is 0.318. The van der Waals surface area contributed by atoms with E-state index in [0.717, 1.165) is 43.6 Å². The summed E-state index contributed by atoms with van der Waals surface area (Å²) in [7, 11) is 0. The zero-order chi connectivity index (χ0) is 19.1. The first-order chi connectivity index (χ1) is 13.6. The van der Waals surface area contributed by atoms with Crippen LogP contribution in [-0.2, 0) is 6.42 Å². The van der Waals surface area contributed by atoms with E-state index in [2.05, 4.69) is 44.3 Å². The number of hydrogen-bond acceptors (Lipinski definition) is 5. The van der Waals surface area contributed by atoms with Crippen LogP contribution in [0, 0.1) is 5.41 Å². The van der Waals surface area contributed by atoms with Crippen molar-refractivity contribution in [2.24, 2.45) is 11.1 Å². The Balaban J connectivity index is 1.30. The number of nitrogens with two attached hydrogens (primary N) is 1. The van der Waals surface area contributed by atoms with Gasteiger partial charge in [-0.2, -0.15) is 0 Å². The Kier molecular flexibility index (Phi) is 4.29. The molecule has 0 unspecified atom stereocenters. The van der Waals surface area contributed by atoms with E-state index in [1.165, 1.54) is 11.1 Å². The van der Waals surface area contributed by atoms with Crippen LogP contribution in [0.1, 0.15) is 30.0 Å². The standard InChI is InChI=1S/C22H22ClN5/c23-17-6-3-5-15(12-17)19-14-25-21(27-26-19)28-10-8-22(9-11-28)13-16-4-1-2-7-18(16)20(22)24/h1-7,12,14,20H,8-11,13,24H2/t20-/m1/s1. The molecule has 5 nitrogen and oxygen atoms in total. The summed E-state index contributed by atoms with van der Waals surface area (Å²) < 4.78 is 0. The lowest BCUT2D eigenvalue weighted by Crippen LogP contribution is -2.45. The number of benzene rings is 2. The fourth-order valence-electron chi connectivity index (χ4n) is 4.65. The number of rotatable bonds is 2. The van der Waals surface area contributed by atoms with E-state index in [9.17, 15) is 0 Å². The molecule has 1 aliphatic heterocycles. The van der Waals surface area contributed by atoms with E-state index in [1.54, 1.807) is 6.20 Å². The monoisotopic (exact) mass is 391 g/mol. The molecule has 2 aromatic carbocycles. The third kappa shape index (κ3) is 2.95. The zero-order valence-electron chi connectivity index (χ0n) is 15.6. The summed E-state index contributed by atoms with van der Waals surface area (Å²) in [5.74, 6) is 0.685. The van der Waals surface area contributed by atoms with Gasteiger partial charge in [-0.3, -0.25) is 0 Å². The van der Waals surface area contributed by atoms with Crippen molar-refractivity contribution < 1.29 is 0 Å². The number of anilines is 1. The van der Waals surface area contributed by atoms with Crippen molar-refractivity contribution in [1.29, 1.82) is 0 Å². The molecule has 1 saturated heterocycles. The third-order valence-electron chi connectivity index (χ3n) is 6.30. The Bertz CT molecular complexity index is 996.